The standard InChI is InChI=1S/C20H17F3N2O2S2/c1-13-2-8-16(9-3-13)29(26,27)25-11-10-17-18(12-25)28-19(24-17)14-4-6-15(7-5-14)20(21,22)23/h2-9H,10-12H2,1H3. The van der Waals surface area contributed by atoms with Crippen LogP contribution in [-0.2, 0) is 29.2 Å². The van der Waals surface area contributed by atoms with Gasteiger partial charge in [-0.25, -0.2) is 13.4 Å². The lowest BCUT2D eigenvalue weighted by atomic mass is 10.1. The Morgan fingerprint density at radius 3 is 2.31 bits per heavy atom. The van der Waals surface area contributed by atoms with Crippen molar-refractivity contribution in [1.29, 1.82) is 0 Å². The van der Waals surface area contributed by atoms with E-state index in [0.29, 0.717) is 23.5 Å². The molecule has 1 aliphatic rings. The zero-order valence-corrected chi connectivity index (χ0v) is 17.0. The van der Waals surface area contributed by atoms with E-state index >= 15 is 0 Å². The van der Waals surface area contributed by atoms with Crippen molar-refractivity contribution in [2.24, 2.45) is 0 Å². The molecule has 0 unspecified atom stereocenters. The fourth-order valence-corrected chi connectivity index (χ4v) is 5.78. The third-order valence-corrected chi connectivity index (χ3v) is 7.81. The smallest absolute Gasteiger partial charge is 0.241 e. The number of thiazole rings is 1. The Morgan fingerprint density at radius 1 is 1.03 bits per heavy atom. The second-order valence-electron chi connectivity index (χ2n) is 6.87. The van der Waals surface area contributed by atoms with Crippen LogP contribution in [0.5, 0.6) is 0 Å². The van der Waals surface area contributed by atoms with Crippen molar-refractivity contribution in [3.05, 3.63) is 70.2 Å². The summed E-state index contributed by atoms with van der Waals surface area (Å²) in [7, 11) is -3.61. The third kappa shape index (κ3) is 3.94. The Morgan fingerprint density at radius 2 is 1.69 bits per heavy atom. The van der Waals surface area contributed by atoms with Gasteiger partial charge in [0.2, 0.25) is 10.0 Å². The molecule has 0 saturated carbocycles. The van der Waals surface area contributed by atoms with Gasteiger partial charge in [-0.3, -0.25) is 0 Å². The summed E-state index contributed by atoms with van der Waals surface area (Å²) < 4.78 is 65.5. The monoisotopic (exact) mass is 438 g/mol. The van der Waals surface area contributed by atoms with Gasteiger partial charge in [0.1, 0.15) is 5.01 Å². The number of sulfonamides is 1. The minimum atomic E-state index is -4.38. The van der Waals surface area contributed by atoms with Crippen LogP contribution in [0, 0.1) is 6.92 Å². The zero-order valence-electron chi connectivity index (χ0n) is 15.4. The van der Waals surface area contributed by atoms with Gasteiger partial charge in [0.15, 0.2) is 0 Å². The average Bonchev–Trinajstić information content (AvgIpc) is 3.11. The van der Waals surface area contributed by atoms with Crippen LogP contribution >= 0.6 is 11.3 Å². The number of halogens is 3. The Balaban J connectivity index is 1.58. The molecule has 4 nitrogen and oxygen atoms in total. The topological polar surface area (TPSA) is 50.3 Å². The zero-order chi connectivity index (χ0) is 20.8. The largest absolute Gasteiger partial charge is 0.416 e. The molecule has 1 aliphatic heterocycles. The van der Waals surface area contributed by atoms with E-state index in [4.69, 9.17) is 0 Å². The van der Waals surface area contributed by atoms with Gasteiger partial charge in [-0.2, -0.15) is 17.5 Å². The molecule has 0 atom stereocenters. The first-order valence-electron chi connectivity index (χ1n) is 8.87. The van der Waals surface area contributed by atoms with Crippen LogP contribution in [0.15, 0.2) is 53.4 Å². The molecule has 0 spiro atoms. The first-order chi connectivity index (χ1) is 13.6. The molecule has 29 heavy (non-hydrogen) atoms. The van der Waals surface area contributed by atoms with E-state index in [0.717, 1.165) is 28.3 Å². The van der Waals surface area contributed by atoms with Gasteiger partial charge in [0.05, 0.1) is 22.7 Å². The van der Waals surface area contributed by atoms with Crippen molar-refractivity contribution in [2.45, 2.75) is 31.0 Å². The number of aryl methyl sites for hydroxylation is 1. The van der Waals surface area contributed by atoms with E-state index in [1.807, 2.05) is 6.92 Å². The second kappa shape index (κ2) is 7.23. The molecule has 0 amide bonds. The molecule has 0 N–H and O–H groups in total. The van der Waals surface area contributed by atoms with Crippen LogP contribution in [-0.4, -0.2) is 24.3 Å². The summed E-state index contributed by atoms with van der Waals surface area (Å²) in [4.78, 5) is 5.60. The molecule has 0 fully saturated rings. The molecule has 2 heterocycles. The highest BCUT2D eigenvalue weighted by atomic mass is 32.2. The van der Waals surface area contributed by atoms with Crippen molar-refractivity contribution in [3.8, 4) is 10.6 Å². The number of nitrogens with zero attached hydrogens (tertiary/aromatic N) is 2. The molecule has 9 heteroatoms. The fourth-order valence-electron chi connectivity index (χ4n) is 3.16. The maximum atomic E-state index is 12.9. The predicted molar refractivity (Wildman–Crippen MR) is 105 cm³/mol. The first-order valence-corrected chi connectivity index (χ1v) is 11.1. The number of fused-ring (bicyclic) bond motifs is 1. The summed E-state index contributed by atoms with van der Waals surface area (Å²) in [6.07, 6.45) is -3.91. The summed E-state index contributed by atoms with van der Waals surface area (Å²) in [5.74, 6) is 0. The van der Waals surface area contributed by atoms with Gasteiger partial charge in [-0.1, -0.05) is 29.8 Å². The quantitative estimate of drug-likeness (QED) is 0.585. The molecule has 0 aliphatic carbocycles. The van der Waals surface area contributed by atoms with Crippen molar-refractivity contribution in [2.75, 3.05) is 6.54 Å². The van der Waals surface area contributed by atoms with Crippen molar-refractivity contribution >= 4 is 21.4 Å². The molecule has 0 saturated heterocycles. The molecule has 3 aromatic rings. The molecule has 4 rings (SSSR count). The molecular weight excluding hydrogens is 421 g/mol. The number of hydrogen-bond donors (Lipinski definition) is 0. The summed E-state index contributed by atoms with van der Waals surface area (Å²) >= 11 is 1.32. The Hall–Kier alpha value is -2.23. The van der Waals surface area contributed by atoms with Crippen LogP contribution < -0.4 is 0 Å². The summed E-state index contributed by atoms with van der Waals surface area (Å²) in [6, 6.07) is 11.6. The summed E-state index contributed by atoms with van der Waals surface area (Å²) in [5.41, 5.74) is 1.66. The molecule has 0 radical (unpaired) electrons. The van der Waals surface area contributed by atoms with E-state index in [1.165, 1.54) is 27.8 Å². The molecule has 1 aromatic heterocycles. The number of aromatic nitrogens is 1. The van der Waals surface area contributed by atoms with Crippen LogP contribution in [0.1, 0.15) is 21.7 Å². The maximum Gasteiger partial charge on any atom is 0.416 e. The first kappa shape index (κ1) is 20.1. The van der Waals surface area contributed by atoms with E-state index in [-0.39, 0.29) is 11.4 Å². The lowest BCUT2D eigenvalue weighted by Gasteiger charge is -2.25. The Kier molecular flexibility index (Phi) is 5.00. The minimum absolute atomic E-state index is 0.212. The molecule has 0 bridgehead atoms. The highest BCUT2D eigenvalue weighted by Gasteiger charge is 2.32. The summed E-state index contributed by atoms with van der Waals surface area (Å²) in [6.45, 7) is 2.42. The van der Waals surface area contributed by atoms with Gasteiger partial charge < -0.3 is 0 Å². The minimum Gasteiger partial charge on any atom is -0.241 e. The van der Waals surface area contributed by atoms with Gasteiger partial charge in [0.25, 0.3) is 0 Å². The number of rotatable bonds is 3. The van der Waals surface area contributed by atoms with Crippen molar-refractivity contribution in [1.82, 2.24) is 9.29 Å². The van der Waals surface area contributed by atoms with Crippen LogP contribution in [0.25, 0.3) is 10.6 Å². The fraction of sp³-hybridized carbons (Fsp3) is 0.250. The van der Waals surface area contributed by atoms with Gasteiger partial charge in [-0.15, -0.1) is 11.3 Å². The van der Waals surface area contributed by atoms with E-state index in [1.54, 1.807) is 24.3 Å². The lowest BCUT2D eigenvalue weighted by molar-refractivity contribution is -0.137. The van der Waals surface area contributed by atoms with Gasteiger partial charge >= 0.3 is 6.18 Å². The lowest BCUT2D eigenvalue weighted by Crippen LogP contribution is -2.35. The van der Waals surface area contributed by atoms with E-state index < -0.39 is 21.8 Å². The number of alkyl halides is 3. The SMILES string of the molecule is Cc1ccc(S(=O)(=O)N2CCc3nc(-c4ccc(C(F)(F)F)cc4)sc3C2)cc1. The molecular formula is C20H17F3N2O2S2. The average molecular weight is 438 g/mol. The van der Waals surface area contributed by atoms with Crippen molar-refractivity contribution < 1.29 is 21.6 Å². The summed E-state index contributed by atoms with van der Waals surface area (Å²) in [5, 5.41) is 0.596. The van der Waals surface area contributed by atoms with Crippen LogP contribution in [0.2, 0.25) is 0 Å². The van der Waals surface area contributed by atoms with Crippen molar-refractivity contribution in [3.63, 3.8) is 0 Å². The highest BCUT2D eigenvalue weighted by Crippen LogP contribution is 2.35. The van der Waals surface area contributed by atoms with Gasteiger partial charge in [0, 0.05) is 23.4 Å². The van der Waals surface area contributed by atoms with Crippen LogP contribution in [0.4, 0.5) is 13.2 Å². The highest BCUT2D eigenvalue weighted by molar-refractivity contribution is 7.89. The Bertz CT molecular complexity index is 1140. The van der Waals surface area contributed by atoms with E-state index in [9.17, 15) is 21.6 Å². The molecule has 152 valence electrons. The van der Waals surface area contributed by atoms with Gasteiger partial charge in [-0.05, 0) is 31.2 Å². The normalized spacial score (nSPS) is 15.3. The maximum absolute atomic E-state index is 12.9. The second-order valence-corrected chi connectivity index (χ2v) is 9.89. The number of hydrogen-bond acceptors (Lipinski definition) is 4. The predicted octanol–water partition coefficient (Wildman–Crippen LogP) is 4.88. The molecule has 2 aromatic carbocycles. The third-order valence-electron chi connectivity index (χ3n) is 4.81. The van der Waals surface area contributed by atoms with E-state index in [2.05, 4.69) is 4.98 Å². The van der Waals surface area contributed by atoms with Crippen LogP contribution in [0.3, 0.4) is 0 Å². The number of benzene rings is 2. The Labute approximate surface area is 170 Å².